The van der Waals surface area contributed by atoms with Gasteiger partial charge in [0.25, 0.3) is 0 Å². The molecule has 0 bridgehead atoms. The summed E-state index contributed by atoms with van der Waals surface area (Å²) in [5, 5.41) is 9.01. The minimum Gasteiger partial charge on any atom is -1.00 e. The van der Waals surface area contributed by atoms with E-state index in [4.69, 9.17) is 14.9 Å². The minimum absolute atomic E-state index is 0. The Morgan fingerprint density at radius 2 is 1.85 bits per heavy atom. The van der Waals surface area contributed by atoms with Crippen molar-refractivity contribution in [2.24, 2.45) is 0 Å². The molecule has 1 aromatic carbocycles. The van der Waals surface area contributed by atoms with Crippen LogP contribution in [0.1, 0.15) is 1.43 Å². The molecule has 0 saturated heterocycles. The molecule has 3 N–H and O–H groups in total. The van der Waals surface area contributed by atoms with E-state index in [1.54, 1.807) is 0 Å². The quantitative estimate of drug-likeness (QED) is 0.390. The SMILES string of the molecule is O=P(O)(O)Oc1ccccc1O.[H-].[Na+]. The van der Waals surface area contributed by atoms with E-state index in [1.807, 2.05) is 0 Å². The van der Waals surface area contributed by atoms with E-state index in [-0.39, 0.29) is 42.5 Å². The molecule has 0 aliphatic heterocycles. The number of rotatable bonds is 2. The molecular weight excluding hydrogens is 206 g/mol. The number of hydrogen-bond acceptors (Lipinski definition) is 3. The Hall–Kier alpha value is -0.0300. The van der Waals surface area contributed by atoms with Gasteiger partial charge in [-0.1, -0.05) is 12.1 Å². The number of hydrogen-bond donors (Lipinski definition) is 3. The molecule has 1 aromatic rings. The molecular formula is C6H8NaO5P. The van der Waals surface area contributed by atoms with Crippen LogP contribution in [0.3, 0.4) is 0 Å². The first-order valence-electron chi connectivity index (χ1n) is 3.02. The fourth-order valence-electron chi connectivity index (χ4n) is 0.662. The van der Waals surface area contributed by atoms with Crippen molar-refractivity contribution in [1.82, 2.24) is 0 Å². The van der Waals surface area contributed by atoms with E-state index in [9.17, 15) is 4.57 Å². The number of benzene rings is 1. The van der Waals surface area contributed by atoms with E-state index in [1.165, 1.54) is 24.3 Å². The number of phosphoric acid groups is 1. The van der Waals surface area contributed by atoms with Gasteiger partial charge in [0.05, 0.1) is 0 Å². The maximum absolute atomic E-state index is 10.3. The molecule has 0 aliphatic rings. The topological polar surface area (TPSA) is 87.0 Å². The average Bonchev–Trinajstić information content (AvgIpc) is 1.91. The molecule has 1 rings (SSSR count). The molecule has 5 nitrogen and oxygen atoms in total. The van der Waals surface area contributed by atoms with Gasteiger partial charge in [0.1, 0.15) is 0 Å². The summed E-state index contributed by atoms with van der Waals surface area (Å²) in [7, 11) is -4.57. The average molecular weight is 214 g/mol. The summed E-state index contributed by atoms with van der Waals surface area (Å²) in [6.07, 6.45) is 0. The number of phenols is 1. The number of aromatic hydroxyl groups is 1. The monoisotopic (exact) mass is 214 g/mol. The van der Waals surface area contributed by atoms with Crippen LogP contribution in [0.2, 0.25) is 0 Å². The predicted molar refractivity (Wildman–Crippen MR) is 41.9 cm³/mol. The van der Waals surface area contributed by atoms with Crippen LogP contribution in [-0.2, 0) is 4.57 Å². The fourth-order valence-corrected chi connectivity index (χ4v) is 1.07. The number of para-hydroxylation sites is 2. The summed E-state index contributed by atoms with van der Waals surface area (Å²) in [6.45, 7) is 0. The van der Waals surface area contributed by atoms with Crippen molar-refractivity contribution in [1.29, 1.82) is 0 Å². The van der Waals surface area contributed by atoms with Crippen LogP contribution in [0.5, 0.6) is 11.5 Å². The molecule has 0 fully saturated rings. The van der Waals surface area contributed by atoms with E-state index in [0.717, 1.165) is 0 Å². The summed E-state index contributed by atoms with van der Waals surface area (Å²) in [5.74, 6) is -0.536. The first-order valence-corrected chi connectivity index (χ1v) is 4.55. The summed E-state index contributed by atoms with van der Waals surface area (Å²) >= 11 is 0. The summed E-state index contributed by atoms with van der Waals surface area (Å²) in [5.41, 5.74) is 0. The second-order valence-electron chi connectivity index (χ2n) is 2.05. The molecule has 68 valence electrons. The van der Waals surface area contributed by atoms with Crippen LogP contribution in [0.25, 0.3) is 0 Å². The van der Waals surface area contributed by atoms with Gasteiger partial charge in [0.2, 0.25) is 0 Å². The zero-order valence-corrected chi connectivity index (χ0v) is 9.81. The van der Waals surface area contributed by atoms with Crippen molar-refractivity contribution in [2.75, 3.05) is 0 Å². The number of phosphoric ester groups is 1. The van der Waals surface area contributed by atoms with Gasteiger partial charge in [-0.15, -0.1) is 0 Å². The summed E-state index contributed by atoms with van der Waals surface area (Å²) in [4.78, 5) is 16.7. The molecule has 7 heteroatoms. The Morgan fingerprint density at radius 1 is 1.31 bits per heavy atom. The van der Waals surface area contributed by atoms with Crippen molar-refractivity contribution >= 4 is 7.82 Å². The van der Waals surface area contributed by atoms with Gasteiger partial charge in [-0.05, 0) is 12.1 Å². The van der Waals surface area contributed by atoms with E-state index < -0.39 is 7.82 Å². The molecule has 0 radical (unpaired) electrons. The molecule has 0 spiro atoms. The van der Waals surface area contributed by atoms with Gasteiger partial charge in [-0.2, -0.15) is 0 Å². The second kappa shape index (κ2) is 5.00. The molecule has 0 aromatic heterocycles. The van der Waals surface area contributed by atoms with Gasteiger partial charge in [-0.3, -0.25) is 9.79 Å². The van der Waals surface area contributed by atoms with Gasteiger partial charge >= 0.3 is 37.4 Å². The maximum atomic E-state index is 10.3. The third-order valence-electron chi connectivity index (χ3n) is 1.08. The van der Waals surface area contributed by atoms with Crippen molar-refractivity contribution < 1.29 is 55.0 Å². The minimum atomic E-state index is -4.57. The molecule has 0 atom stereocenters. The Morgan fingerprint density at radius 3 is 2.31 bits per heavy atom. The third kappa shape index (κ3) is 4.67. The second-order valence-corrected chi connectivity index (χ2v) is 3.21. The van der Waals surface area contributed by atoms with Crippen molar-refractivity contribution in [3.05, 3.63) is 24.3 Å². The molecule has 0 amide bonds. The molecule has 0 saturated carbocycles. The van der Waals surface area contributed by atoms with Crippen LogP contribution >= 0.6 is 7.82 Å². The molecule has 0 unspecified atom stereocenters. The van der Waals surface area contributed by atoms with Crippen molar-refractivity contribution in [3.8, 4) is 11.5 Å². The first kappa shape index (κ1) is 13.0. The Kier molecular flexibility index (Phi) is 4.99. The van der Waals surface area contributed by atoms with Gasteiger partial charge < -0.3 is 11.1 Å². The van der Waals surface area contributed by atoms with Crippen molar-refractivity contribution in [3.63, 3.8) is 0 Å². The largest absolute Gasteiger partial charge is 1.00 e. The van der Waals surface area contributed by atoms with Crippen LogP contribution in [0.15, 0.2) is 24.3 Å². The fraction of sp³-hybridized carbons (Fsp3) is 0. The van der Waals surface area contributed by atoms with Crippen LogP contribution in [-0.4, -0.2) is 14.9 Å². The van der Waals surface area contributed by atoms with Gasteiger partial charge in [0, 0.05) is 0 Å². The van der Waals surface area contributed by atoms with Crippen LogP contribution in [0, 0.1) is 0 Å². The Balaban J connectivity index is 0. The Labute approximate surface area is 98.4 Å². The summed E-state index contributed by atoms with van der Waals surface area (Å²) in [6, 6.07) is 5.53. The zero-order valence-electron chi connectivity index (χ0n) is 7.91. The Bertz CT molecular complexity index is 328. The first-order chi connectivity index (χ1) is 5.49. The zero-order chi connectivity index (χ0) is 9.19. The van der Waals surface area contributed by atoms with E-state index in [0.29, 0.717) is 0 Å². The maximum Gasteiger partial charge on any atom is 1.00 e. The van der Waals surface area contributed by atoms with Crippen molar-refractivity contribution in [2.45, 2.75) is 0 Å². The normalized spacial score (nSPS) is 10.3. The third-order valence-corrected chi connectivity index (χ3v) is 1.52. The van der Waals surface area contributed by atoms with Gasteiger partial charge in [-0.25, -0.2) is 4.57 Å². The van der Waals surface area contributed by atoms with Crippen LogP contribution in [0.4, 0.5) is 0 Å². The molecule has 0 aliphatic carbocycles. The molecule has 0 heterocycles. The van der Waals surface area contributed by atoms with Gasteiger partial charge in [0.15, 0.2) is 11.5 Å². The van der Waals surface area contributed by atoms with Crippen LogP contribution < -0.4 is 34.1 Å². The molecule has 13 heavy (non-hydrogen) atoms. The standard InChI is InChI=1S/C6H7O5P.Na.H/c7-5-3-1-2-4-6(5)11-12(8,9)10;;/h1-4,7H,(H2,8,9,10);;/q;+1;-1. The van der Waals surface area contributed by atoms with E-state index in [2.05, 4.69) is 4.52 Å². The smallest absolute Gasteiger partial charge is 1.00 e. The van der Waals surface area contributed by atoms with E-state index >= 15 is 0 Å². The summed E-state index contributed by atoms with van der Waals surface area (Å²) < 4.78 is 14.5. The predicted octanol–water partition coefficient (Wildman–Crippen LogP) is -2.02. The number of phenolic OH excluding ortho intramolecular Hbond substituents is 1.